The van der Waals surface area contributed by atoms with E-state index >= 15 is 0 Å². The Morgan fingerprint density at radius 3 is 2.64 bits per heavy atom. The average Bonchev–Trinajstić information content (AvgIpc) is 2.69. The fourth-order valence-electron chi connectivity index (χ4n) is 1.42. The monoisotopic (exact) mass is 211 g/mol. The SMILES string of the molecule is CCN(CC)C(=S)CCc1ccco1. The molecule has 0 aromatic carbocycles. The first-order chi connectivity index (χ1) is 6.77. The van der Waals surface area contributed by atoms with Gasteiger partial charge in [-0.3, -0.25) is 0 Å². The molecule has 0 unspecified atom stereocenters. The molecule has 2 nitrogen and oxygen atoms in total. The van der Waals surface area contributed by atoms with Gasteiger partial charge in [-0.25, -0.2) is 0 Å². The Balaban J connectivity index is 2.34. The lowest BCUT2D eigenvalue weighted by Gasteiger charge is -2.21. The summed E-state index contributed by atoms with van der Waals surface area (Å²) in [6.45, 7) is 6.24. The van der Waals surface area contributed by atoms with Crippen molar-refractivity contribution in [2.24, 2.45) is 0 Å². The number of furan rings is 1. The Morgan fingerprint density at radius 1 is 1.43 bits per heavy atom. The third-order valence-corrected chi connectivity index (χ3v) is 2.74. The highest BCUT2D eigenvalue weighted by Crippen LogP contribution is 2.06. The maximum atomic E-state index is 5.33. The molecule has 0 spiro atoms. The zero-order valence-corrected chi connectivity index (χ0v) is 9.64. The van der Waals surface area contributed by atoms with Crippen molar-refractivity contribution < 1.29 is 4.42 Å². The summed E-state index contributed by atoms with van der Waals surface area (Å²) in [5, 5.41) is 0. The minimum absolute atomic E-state index is 0.905. The van der Waals surface area contributed by atoms with Gasteiger partial charge in [-0.2, -0.15) is 0 Å². The van der Waals surface area contributed by atoms with Crippen molar-refractivity contribution in [3.05, 3.63) is 24.2 Å². The molecule has 0 N–H and O–H groups in total. The molecule has 0 atom stereocenters. The van der Waals surface area contributed by atoms with Gasteiger partial charge in [0.05, 0.1) is 11.3 Å². The van der Waals surface area contributed by atoms with E-state index in [-0.39, 0.29) is 0 Å². The minimum atomic E-state index is 0.905. The summed E-state index contributed by atoms with van der Waals surface area (Å²) in [5.74, 6) is 1.01. The van der Waals surface area contributed by atoms with E-state index in [1.165, 1.54) is 0 Å². The molecule has 0 radical (unpaired) electrons. The maximum absolute atomic E-state index is 5.33. The van der Waals surface area contributed by atoms with E-state index in [0.29, 0.717) is 0 Å². The van der Waals surface area contributed by atoms with E-state index in [9.17, 15) is 0 Å². The summed E-state index contributed by atoms with van der Waals surface area (Å²) in [6.07, 6.45) is 3.52. The van der Waals surface area contributed by atoms with Crippen LogP contribution in [0.4, 0.5) is 0 Å². The number of hydrogen-bond donors (Lipinski definition) is 0. The predicted octanol–water partition coefficient (Wildman–Crippen LogP) is 2.88. The van der Waals surface area contributed by atoms with Crippen LogP contribution in [-0.4, -0.2) is 23.0 Å². The van der Waals surface area contributed by atoms with Crippen molar-refractivity contribution in [2.45, 2.75) is 26.7 Å². The smallest absolute Gasteiger partial charge is 0.104 e. The first-order valence-corrected chi connectivity index (χ1v) is 5.48. The normalized spacial score (nSPS) is 10.1. The van der Waals surface area contributed by atoms with Gasteiger partial charge in [0, 0.05) is 25.9 Å². The second kappa shape index (κ2) is 5.81. The summed E-state index contributed by atoms with van der Waals surface area (Å²) in [7, 11) is 0. The van der Waals surface area contributed by atoms with Gasteiger partial charge < -0.3 is 9.32 Å². The molecule has 0 saturated carbocycles. The lowest BCUT2D eigenvalue weighted by atomic mass is 10.2. The van der Waals surface area contributed by atoms with Crippen LogP contribution >= 0.6 is 12.2 Å². The molecule has 78 valence electrons. The minimum Gasteiger partial charge on any atom is -0.469 e. The van der Waals surface area contributed by atoms with Crippen LogP contribution < -0.4 is 0 Å². The van der Waals surface area contributed by atoms with Crippen LogP contribution in [-0.2, 0) is 6.42 Å². The molecule has 0 bridgehead atoms. The molecule has 1 aromatic heterocycles. The van der Waals surface area contributed by atoms with Crippen LogP contribution in [0.1, 0.15) is 26.0 Å². The van der Waals surface area contributed by atoms with Gasteiger partial charge in [-0.05, 0) is 26.0 Å². The van der Waals surface area contributed by atoms with Crippen LogP contribution in [0.5, 0.6) is 0 Å². The average molecular weight is 211 g/mol. The molecule has 3 heteroatoms. The highest BCUT2D eigenvalue weighted by Gasteiger charge is 2.05. The van der Waals surface area contributed by atoms with E-state index < -0.39 is 0 Å². The summed E-state index contributed by atoms with van der Waals surface area (Å²) in [5.41, 5.74) is 0. The fraction of sp³-hybridized carbons (Fsp3) is 0.545. The zero-order chi connectivity index (χ0) is 10.4. The van der Waals surface area contributed by atoms with Crippen LogP contribution in [0.3, 0.4) is 0 Å². The summed E-state index contributed by atoms with van der Waals surface area (Å²) >= 11 is 5.33. The zero-order valence-electron chi connectivity index (χ0n) is 8.82. The highest BCUT2D eigenvalue weighted by molar-refractivity contribution is 7.80. The third-order valence-electron chi connectivity index (χ3n) is 2.28. The van der Waals surface area contributed by atoms with E-state index in [4.69, 9.17) is 16.6 Å². The topological polar surface area (TPSA) is 16.4 Å². The predicted molar refractivity (Wildman–Crippen MR) is 62.5 cm³/mol. The molecule has 0 amide bonds. The number of hydrogen-bond acceptors (Lipinski definition) is 2. The van der Waals surface area contributed by atoms with E-state index in [1.807, 2.05) is 12.1 Å². The molecule has 1 aromatic rings. The second-order valence-electron chi connectivity index (χ2n) is 3.15. The molecule has 0 fully saturated rings. The van der Waals surface area contributed by atoms with Gasteiger partial charge in [0.1, 0.15) is 5.76 Å². The van der Waals surface area contributed by atoms with Gasteiger partial charge in [0.15, 0.2) is 0 Å². The van der Waals surface area contributed by atoms with E-state index in [0.717, 1.165) is 36.7 Å². The largest absolute Gasteiger partial charge is 0.469 e. The summed E-state index contributed by atoms with van der Waals surface area (Å²) in [4.78, 5) is 3.24. The van der Waals surface area contributed by atoms with Crippen molar-refractivity contribution in [1.29, 1.82) is 0 Å². The van der Waals surface area contributed by atoms with Gasteiger partial charge in [-0.1, -0.05) is 12.2 Å². The Kier molecular flexibility index (Phi) is 4.66. The Hall–Kier alpha value is -0.830. The Morgan fingerprint density at radius 2 is 2.14 bits per heavy atom. The summed E-state index contributed by atoms with van der Waals surface area (Å²) < 4.78 is 5.25. The molecule has 1 heterocycles. The second-order valence-corrected chi connectivity index (χ2v) is 3.62. The quantitative estimate of drug-likeness (QED) is 0.697. The third kappa shape index (κ3) is 3.14. The molecular weight excluding hydrogens is 194 g/mol. The molecule has 0 aliphatic carbocycles. The highest BCUT2D eigenvalue weighted by atomic mass is 32.1. The maximum Gasteiger partial charge on any atom is 0.104 e. The molecule has 0 aliphatic rings. The van der Waals surface area contributed by atoms with Gasteiger partial charge >= 0.3 is 0 Å². The lowest BCUT2D eigenvalue weighted by Crippen LogP contribution is -2.29. The van der Waals surface area contributed by atoms with Gasteiger partial charge in [-0.15, -0.1) is 0 Å². The van der Waals surface area contributed by atoms with Crippen LogP contribution in [0, 0.1) is 0 Å². The molecule has 0 aliphatic heterocycles. The Bertz CT molecular complexity index is 265. The van der Waals surface area contributed by atoms with Gasteiger partial charge in [0.25, 0.3) is 0 Å². The van der Waals surface area contributed by atoms with E-state index in [1.54, 1.807) is 6.26 Å². The molecular formula is C11H17NOS. The lowest BCUT2D eigenvalue weighted by molar-refractivity contribution is 0.457. The fourth-order valence-corrected chi connectivity index (χ4v) is 1.78. The molecule has 1 rings (SSSR count). The van der Waals surface area contributed by atoms with E-state index in [2.05, 4.69) is 18.7 Å². The van der Waals surface area contributed by atoms with Gasteiger partial charge in [0.2, 0.25) is 0 Å². The first-order valence-electron chi connectivity index (χ1n) is 5.08. The van der Waals surface area contributed by atoms with Crippen molar-refractivity contribution >= 4 is 17.2 Å². The number of rotatable bonds is 5. The van der Waals surface area contributed by atoms with Crippen molar-refractivity contribution in [1.82, 2.24) is 4.90 Å². The number of nitrogens with zero attached hydrogens (tertiary/aromatic N) is 1. The van der Waals surface area contributed by atoms with Crippen LogP contribution in [0.2, 0.25) is 0 Å². The standard InChI is InChI=1S/C11H17NOS/c1-3-12(4-2)11(14)8-7-10-6-5-9-13-10/h5-6,9H,3-4,7-8H2,1-2H3. The van der Waals surface area contributed by atoms with Crippen molar-refractivity contribution in [2.75, 3.05) is 13.1 Å². The van der Waals surface area contributed by atoms with Crippen LogP contribution in [0.15, 0.2) is 22.8 Å². The van der Waals surface area contributed by atoms with Crippen molar-refractivity contribution in [3.63, 3.8) is 0 Å². The molecule has 0 saturated heterocycles. The number of aryl methyl sites for hydroxylation is 1. The number of thiocarbonyl (C=S) groups is 1. The van der Waals surface area contributed by atoms with Crippen molar-refractivity contribution in [3.8, 4) is 0 Å². The summed E-state index contributed by atoms with van der Waals surface area (Å²) in [6, 6.07) is 3.90. The Labute approximate surface area is 90.9 Å². The molecule has 14 heavy (non-hydrogen) atoms. The van der Waals surface area contributed by atoms with Crippen LogP contribution in [0.25, 0.3) is 0 Å². The first kappa shape index (κ1) is 11.2.